The molecule has 96 valence electrons. The lowest BCUT2D eigenvalue weighted by Crippen LogP contribution is -2.30. The van der Waals surface area contributed by atoms with E-state index in [9.17, 15) is 0 Å². The summed E-state index contributed by atoms with van der Waals surface area (Å²) in [4.78, 5) is 2.31. The van der Waals surface area contributed by atoms with Gasteiger partial charge in [0.1, 0.15) is 12.0 Å². The highest BCUT2D eigenvalue weighted by Gasteiger charge is 2.37. The second kappa shape index (κ2) is 3.42. The molecule has 4 heteroatoms. The van der Waals surface area contributed by atoms with Gasteiger partial charge in [-0.15, -0.1) is 0 Å². The number of hydrogen-bond acceptors (Lipinski definition) is 3. The summed E-state index contributed by atoms with van der Waals surface area (Å²) in [6, 6.07) is 18.9. The van der Waals surface area contributed by atoms with E-state index < -0.39 is 0 Å². The normalized spacial score (nSPS) is 17.8. The molecule has 20 heavy (non-hydrogen) atoms. The predicted octanol–water partition coefficient (Wildman–Crippen LogP) is 3.45. The summed E-state index contributed by atoms with van der Waals surface area (Å²) in [7, 11) is 0. The maximum Gasteiger partial charge on any atom is 0.138 e. The lowest BCUT2D eigenvalue weighted by atomic mass is 10.1. The van der Waals surface area contributed by atoms with E-state index in [1.807, 2.05) is 10.9 Å². The maximum absolute atomic E-state index is 4.48. The van der Waals surface area contributed by atoms with Crippen LogP contribution in [-0.4, -0.2) is 9.78 Å². The molecule has 0 amide bonds. The van der Waals surface area contributed by atoms with Crippen LogP contribution in [0.15, 0.2) is 60.8 Å². The molecule has 0 bridgehead atoms. The Morgan fingerprint density at radius 3 is 2.65 bits per heavy atom. The van der Waals surface area contributed by atoms with Gasteiger partial charge in [-0.05, 0) is 18.2 Å². The zero-order valence-electron chi connectivity index (χ0n) is 10.7. The van der Waals surface area contributed by atoms with E-state index in [2.05, 4.69) is 69.9 Å². The highest BCUT2D eigenvalue weighted by molar-refractivity contribution is 5.84. The highest BCUT2D eigenvalue weighted by Crippen LogP contribution is 2.49. The lowest BCUT2D eigenvalue weighted by Gasteiger charge is -2.33. The Morgan fingerprint density at radius 2 is 1.70 bits per heavy atom. The third kappa shape index (κ3) is 1.09. The first-order chi connectivity index (χ1) is 9.93. The molecular formula is C16H12N4. The fourth-order valence-electron chi connectivity index (χ4n) is 3.21. The molecule has 4 nitrogen and oxygen atoms in total. The van der Waals surface area contributed by atoms with Gasteiger partial charge in [0.25, 0.3) is 0 Å². The van der Waals surface area contributed by atoms with Crippen molar-refractivity contribution in [1.29, 1.82) is 0 Å². The molecule has 3 heterocycles. The number of anilines is 3. The fourth-order valence-corrected chi connectivity index (χ4v) is 3.21. The third-order valence-corrected chi connectivity index (χ3v) is 4.04. The molecule has 0 radical (unpaired) electrons. The van der Waals surface area contributed by atoms with Gasteiger partial charge in [0.2, 0.25) is 0 Å². The molecule has 1 unspecified atom stereocenters. The van der Waals surface area contributed by atoms with Crippen molar-refractivity contribution in [1.82, 2.24) is 9.78 Å². The van der Waals surface area contributed by atoms with Crippen molar-refractivity contribution in [2.24, 2.45) is 0 Å². The summed E-state index contributed by atoms with van der Waals surface area (Å²) >= 11 is 0. The first-order valence-electron chi connectivity index (χ1n) is 6.71. The van der Waals surface area contributed by atoms with Gasteiger partial charge in [0.15, 0.2) is 0 Å². The molecule has 2 aliphatic rings. The first-order valence-corrected chi connectivity index (χ1v) is 6.71. The fraction of sp³-hybridized carbons (Fsp3) is 0.0625. The first kappa shape index (κ1) is 10.1. The van der Waals surface area contributed by atoms with Crippen molar-refractivity contribution in [3.05, 3.63) is 66.4 Å². The van der Waals surface area contributed by atoms with E-state index in [4.69, 9.17) is 0 Å². The summed E-state index contributed by atoms with van der Waals surface area (Å²) < 4.78 is 2.01. The van der Waals surface area contributed by atoms with E-state index in [-0.39, 0.29) is 6.17 Å². The van der Waals surface area contributed by atoms with Gasteiger partial charge in [-0.3, -0.25) is 4.90 Å². The Morgan fingerprint density at radius 1 is 0.900 bits per heavy atom. The monoisotopic (exact) mass is 260 g/mol. The van der Waals surface area contributed by atoms with Crippen LogP contribution in [-0.2, 0) is 0 Å². The van der Waals surface area contributed by atoms with E-state index in [1.54, 1.807) is 0 Å². The third-order valence-electron chi connectivity index (χ3n) is 4.04. The average molecular weight is 260 g/mol. The van der Waals surface area contributed by atoms with Crippen molar-refractivity contribution in [2.45, 2.75) is 6.17 Å². The predicted molar refractivity (Wildman–Crippen MR) is 78.5 cm³/mol. The average Bonchev–Trinajstić information content (AvgIpc) is 3.11. The molecule has 1 N–H and O–H groups in total. The Bertz CT molecular complexity index is 821. The van der Waals surface area contributed by atoms with E-state index in [1.165, 1.54) is 16.9 Å². The van der Waals surface area contributed by atoms with Crippen LogP contribution >= 0.6 is 0 Å². The quantitative estimate of drug-likeness (QED) is 0.672. The molecule has 0 fully saturated rings. The second-order valence-corrected chi connectivity index (χ2v) is 5.09. The number of nitrogens with one attached hydrogen (secondary N) is 1. The van der Waals surface area contributed by atoms with Gasteiger partial charge < -0.3 is 5.32 Å². The van der Waals surface area contributed by atoms with Crippen LogP contribution in [0.4, 0.5) is 17.2 Å². The van der Waals surface area contributed by atoms with Crippen molar-refractivity contribution >= 4 is 17.2 Å². The molecular weight excluding hydrogens is 248 g/mol. The zero-order chi connectivity index (χ0) is 13.1. The number of rotatable bonds is 0. The number of benzene rings is 2. The van der Waals surface area contributed by atoms with Crippen LogP contribution in [0.25, 0.3) is 5.69 Å². The molecule has 0 saturated heterocycles. The standard InChI is InChI=1S/C16H12N4/c1-3-7-13-11(5-1)16-18-12-6-2-4-8-14(12)19(16)15-9-10-17-20(13)15/h1-10,16,18H. The molecule has 5 rings (SSSR count). The van der Waals surface area contributed by atoms with E-state index >= 15 is 0 Å². The lowest BCUT2D eigenvalue weighted by molar-refractivity contribution is 0.720. The number of fused-ring (bicyclic) bond motifs is 8. The van der Waals surface area contributed by atoms with Gasteiger partial charge in [-0.1, -0.05) is 30.3 Å². The van der Waals surface area contributed by atoms with Gasteiger partial charge in [0.05, 0.1) is 23.3 Å². The van der Waals surface area contributed by atoms with E-state index in [0.717, 1.165) is 11.5 Å². The van der Waals surface area contributed by atoms with Crippen LogP contribution in [0.1, 0.15) is 11.7 Å². The molecule has 3 aromatic rings. The van der Waals surface area contributed by atoms with Crippen molar-refractivity contribution in [3.8, 4) is 5.69 Å². The minimum Gasteiger partial charge on any atom is -0.359 e. The topological polar surface area (TPSA) is 33.1 Å². The van der Waals surface area contributed by atoms with E-state index in [0.29, 0.717) is 0 Å². The smallest absolute Gasteiger partial charge is 0.138 e. The summed E-state index contributed by atoms with van der Waals surface area (Å²) in [5.74, 6) is 1.10. The Kier molecular flexibility index (Phi) is 1.72. The molecule has 2 aromatic carbocycles. The van der Waals surface area contributed by atoms with Crippen molar-refractivity contribution < 1.29 is 0 Å². The van der Waals surface area contributed by atoms with Gasteiger partial charge in [0, 0.05) is 11.6 Å². The highest BCUT2D eigenvalue weighted by atomic mass is 15.5. The molecule has 2 aliphatic heterocycles. The van der Waals surface area contributed by atoms with Gasteiger partial charge >= 0.3 is 0 Å². The summed E-state index contributed by atoms with van der Waals surface area (Å²) in [6.45, 7) is 0. The van der Waals surface area contributed by atoms with Gasteiger partial charge in [-0.25, -0.2) is 4.68 Å². The number of nitrogens with zero attached hydrogens (tertiary/aromatic N) is 3. The zero-order valence-corrected chi connectivity index (χ0v) is 10.7. The van der Waals surface area contributed by atoms with Crippen molar-refractivity contribution in [2.75, 3.05) is 10.2 Å². The summed E-state index contributed by atoms with van der Waals surface area (Å²) in [5, 5.41) is 8.09. The second-order valence-electron chi connectivity index (χ2n) is 5.09. The van der Waals surface area contributed by atoms with Crippen LogP contribution in [0.5, 0.6) is 0 Å². The molecule has 0 aliphatic carbocycles. The number of para-hydroxylation sites is 3. The van der Waals surface area contributed by atoms with Crippen LogP contribution in [0, 0.1) is 0 Å². The SMILES string of the molecule is c1ccc2c(c1)NC1c3ccccc3-n3nccc3N21. The van der Waals surface area contributed by atoms with Gasteiger partial charge in [-0.2, -0.15) is 5.10 Å². The summed E-state index contributed by atoms with van der Waals surface area (Å²) in [6.07, 6.45) is 2.00. The molecule has 0 spiro atoms. The minimum absolute atomic E-state index is 0.146. The number of aromatic nitrogens is 2. The Balaban J connectivity index is 1.84. The van der Waals surface area contributed by atoms with Crippen LogP contribution < -0.4 is 10.2 Å². The Labute approximate surface area is 116 Å². The molecule has 1 atom stereocenters. The van der Waals surface area contributed by atoms with Crippen LogP contribution in [0.2, 0.25) is 0 Å². The number of hydrogen-bond donors (Lipinski definition) is 1. The maximum atomic E-state index is 4.48. The molecule has 0 saturated carbocycles. The minimum atomic E-state index is 0.146. The summed E-state index contributed by atoms with van der Waals surface area (Å²) in [5.41, 5.74) is 4.77. The molecule has 1 aromatic heterocycles. The van der Waals surface area contributed by atoms with Crippen molar-refractivity contribution in [3.63, 3.8) is 0 Å². The Hall–Kier alpha value is -2.75. The van der Waals surface area contributed by atoms with Crippen LogP contribution in [0.3, 0.4) is 0 Å². The largest absolute Gasteiger partial charge is 0.359 e.